The Morgan fingerprint density at radius 1 is 0.759 bits per heavy atom. The molecule has 0 saturated heterocycles. The molecule has 0 aromatic carbocycles. The van der Waals surface area contributed by atoms with Gasteiger partial charge in [-0.25, -0.2) is 0 Å². The van der Waals surface area contributed by atoms with Gasteiger partial charge in [-0.2, -0.15) is 0 Å². The molecule has 0 heterocycles. The Morgan fingerprint density at radius 2 is 1.24 bits per heavy atom. The van der Waals surface area contributed by atoms with E-state index in [9.17, 15) is 0 Å². The van der Waals surface area contributed by atoms with Gasteiger partial charge in [0.1, 0.15) is 0 Å². The summed E-state index contributed by atoms with van der Waals surface area (Å²) in [4.78, 5) is 4.51. The summed E-state index contributed by atoms with van der Waals surface area (Å²) < 4.78 is 34.8. The third-order valence-corrected chi connectivity index (χ3v) is 8.98. The lowest BCUT2D eigenvalue weighted by Crippen LogP contribution is -2.45. The van der Waals surface area contributed by atoms with E-state index in [1.165, 1.54) is 0 Å². The Bertz CT molecular complexity index is 427. The molecular formula is C20H45NO6Si2. The Morgan fingerprint density at radius 3 is 1.76 bits per heavy atom. The van der Waals surface area contributed by atoms with Crippen LogP contribution in [-0.2, 0) is 26.6 Å². The SMILES string of the molecule is CCO[Si](C)(OCC)OC(C)=NCCCCCCC(C)O[Si](C)(OCC)OCC. The predicted molar refractivity (Wildman–Crippen MR) is 122 cm³/mol. The van der Waals surface area contributed by atoms with E-state index in [2.05, 4.69) is 11.9 Å². The third-order valence-electron chi connectivity index (χ3n) is 4.23. The van der Waals surface area contributed by atoms with Crippen molar-refractivity contribution in [1.29, 1.82) is 0 Å². The molecule has 9 heteroatoms. The van der Waals surface area contributed by atoms with Crippen LogP contribution in [0.3, 0.4) is 0 Å². The number of unbranched alkanes of at least 4 members (excludes halogenated alkanes) is 3. The average molecular weight is 452 g/mol. The summed E-state index contributed by atoms with van der Waals surface area (Å²) >= 11 is 0. The Kier molecular flexibility index (Phi) is 16.2. The van der Waals surface area contributed by atoms with Crippen LogP contribution in [0.15, 0.2) is 4.99 Å². The van der Waals surface area contributed by atoms with E-state index in [0.717, 1.165) is 38.6 Å². The molecule has 0 radical (unpaired) electrons. The fourth-order valence-electron chi connectivity index (χ4n) is 3.12. The molecule has 0 fully saturated rings. The highest BCUT2D eigenvalue weighted by Crippen LogP contribution is 2.16. The standard InChI is InChI=1S/C20H45NO6Si2/c1-9-22-28(7,23-10-2)26-19(5)17-15-13-14-16-18-21-20(6)27-29(8,24-11-3)25-12-4/h19H,9-18H2,1-8H3. The lowest BCUT2D eigenvalue weighted by atomic mass is 10.1. The molecule has 0 aromatic heterocycles. The van der Waals surface area contributed by atoms with Crippen LogP contribution in [0.2, 0.25) is 13.1 Å². The van der Waals surface area contributed by atoms with Gasteiger partial charge in [0.2, 0.25) is 0 Å². The predicted octanol–water partition coefficient (Wildman–Crippen LogP) is 5.06. The molecule has 1 unspecified atom stereocenters. The van der Waals surface area contributed by atoms with Gasteiger partial charge in [-0.05, 0) is 47.5 Å². The first kappa shape index (κ1) is 28.7. The molecule has 0 aliphatic rings. The topological polar surface area (TPSA) is 67.7 Å². The molecule has 0 amide bonds. The molecule has 0 rings (SSSR count). The molecule has 0 aliphatic heterocycles. The summed E-state index contributed by atoms with van der Waals surface area (Å²) in [5, 5.41) is 0. The quantitative estimate of drug-likeness (QED) is 0.126. The molecule has 7 nitrogen and oxygen atoms in total. The summed E-state index contributed by atoms with van der Waals surface area (Å²) in [7, 11) is -5.09. The second-order valence-electron chi connectivity index (χ2n) is 7.09. The number of rotatable bonds is 18. The van der Waals surface area contributed by atoms with Crippen LogP contribution in [0.5, 0.6) is 0 Å². The van der Waals surface area contributed by atoms with E-state index in [4.69, 9.17) is 26.6 Å². The van der Waals surface area contributed by atoms with E-state index < -0.39 is 17.6 Å². The number of nitrogens with zero attached hydrogens (tertiary/aromatic N) is 1. The van der Waals surface area contributed by atoms with Gasteiger partial charge in [-0.1, -0.05) is 19.3 Å². The maximum atomic E-state index is 6.10. The molecule has 0 aliphatic carbocycles. The van der Waals surface area contributed by atoms with E-state index in [1.807, 2.05) is 47.7 Å². The van der Waals surface area contributed by atoms with E-state index in [1.54, 1.807) is 0 Å². The minimum Gasteiger partial charge on any atom is -0.490 e. The largest absolute Gasteiger partial charge is 0.563 e. The van der Waals surface area contributed by atoms with Crippen molar-refractivity contribution in [3.05, 3.63) is 0 Å². The highest BCUT2D eigenvalue weighted by atomic mass is 28.4. The first-order valence-electron chi connectivity index (χ1n) is 11.2. The van der Waals surface area contributed by atoms with Crippen molar-refractivity contribution >= 4 is 23.5 Å². The summed E-state index contributed by atoms with van der Waals surface area (Å²) in [6.07, 6.45) is 5.64. The first-order valence-corrected chi connectivity index (χ1v) is 15.6. The molecule has 0 saturated carbocycles. The highest BCUT2D eigenvalue weighted by molar-refractivity contribution is 6.61. The lowest BCUT2D eigenvalue weighted by Gasteiger charge is -2.28. The maximum absolute atomic E-state index is 6.10. The fourth-order valence-corrected chi connectivity index (χ4v) is 7.09. The van der Waals surface area contributed by atoms with Crippen LogP contribution in [0, 0.1) is 0 Å². The minimum absolute atomic E-state index is 0.151. The van der Waals surface area contributed by atoms with Crippen LogP contribution in [0.1, 0.15) is 73.6 Å². The average Bonchev–Trinajstić information content (AvgIpc) is 2.61. The van der Waals surface area contributed by atoms with Crippen molar-refractivity contribution in [2.45, 2.75) is 92.8 Å². The summed E-state index contributed by atoms with van der Waals surface area (Å²) in [6, 6.07) is 0. The summed E-state index contributed by atoms with van der Waals surface area (Å²) in [6.45, 7) is 18.9. The van der Waals surface area contributed by atoms with Gasteiger partial charge in [0.15, 0.2) is 5.90 Å². The zero-order chi connectivity index (χ0) is 22.2. The van der Waals surface area contributed by atoms with Crippen LogP contribution < -0.4 is 0 Å². The zero-order valence-corrected chi connectivity index (χ0v) is 22.0. The molecule has 174 valence electrons. The Balaban J connectivity index is 4.04. The highest BCUT2D eigenvalue weighted by Gasteiger charge is 2.37. The van der Waals surface area contributed by atoms with E-state index in [0.29, 0.717) is 32.3 Å². The van der Waals surface area contributed by atoms with Gasteiger partial charge in [-0.3, -0.25) is 4.99 Å². The van der Waals surface area contributed by atoms with Crippen molar-refractivity contribution in [2.75, 3.05) is 33.0 Å². The van der Waals surface area contributed by atoms with Crippen LogP contribution in [0.25, 0.3) is 0 Å². The molecule has 0 aromatic rings. The Labute approximate surface area is 181 Å². The minimum atomic E-state index is -2.60. The smallest absolute Gasteiger partial charge is 0.490 e. The molecule has 0 bridgehead atoms. The fraction of sp³-hybridized carbons (Fsp3) is 0.950. The number of hydrogen-bond donors (Lipinski definition) is 0. The number of hydrogen-bond acceptors (Lipinski definition) is 7. The van der Waals surface area contributed by atoms with E-state index in [-0.39, 0.29) is 6.10 Å². The molecule has 0 N–H and O–H groups in total. The third kappa shape index (κ3) is 14.4. The monoisotopic (exact) mass is 451 g/mol. The molecule has 0 spiro atoms. The second-order valence-corrected chi connectivity index (χ2v) is 12.1. The molecule has 1 atom stereocenters. The van der Waals surface area contributed by atoms with E-state index >= 15 is 0 Å². The van der Waals surface area contributed by atoms with Crippen molar-refractivity contribution < 1.29 is 26.6 Å². The maximum Gasteiger partial charge on any atom is 0.563 e. The lowest BCUT2D eigenvalue weighted by molar-refractivity contribution is 0.0407. The Hall–Kier alpha value is -0.296. The van der Waals surface area contributed by atoms with Crippen molar-refractivity contribution in [1.82, 2.24) is 0 Å². The summed E-state index contributed by atoms with van der Waals surface area (Å²) in [5.41, 5.74) is 0. The normalized spacial score (nSPS) is 14.3. The second kappa shape index (κ2) is 16.4. The van der Waals surface area contributed by atoms with Gasteiger partial charge < -0.3 is 26.6 Å². The van der Waals surface area contributed by atoms with Crippen molar-refractivity contribution in [3.63, 3.8) is 0 Å². The van der Waals surface area contributed by atoms with Crippen molar-refractivity contribution in [2.24, 2.45) is 4.99 Å². The van der Waals surface area contributed by atoms with Gasteiger partial charge in [0, 0.05) is 59.1 Å². The zero-order valence-electron chi connectivity index (χ0n) is 20.0. The van der Waals surface area contributed by atoms with Gasteiger partial charge in [0.05, 0.1) is 0 Å². The van der Waals surface area contributed by atoms with Gasteiger partial charge in [-0.15, -0.1) is 0 Å². The molecule has 29 heavy (non-hydrogen) atoms. The van der Waals surface area contributed by atoms with Crippen LogP contribution in [0.4, 0.5) is 0 Å². The first-order chi connectivity index (χ1) is 13.7. The van der Waals surface area contributed by atoms with Crippen LogP contribution in [-0.4, -0.2) is 62.6 Å². The van der Waals surface area contributed by atoms with Gasteiger partial charge in [0.25, 0.3) is 0 Å². The summed E-state index contributed by atoms with van der Waals surface area (Å²) in [5.74, 6) is 0.652. The van der Waals surface area contributed by atoms with Gasteiger partial charge >= 0.3 is 17.6 Å². The molecular weight excluding hydrogens is 406 g/mol. The van der Waals surface area contributed by atoms with Crippen molar-refractivity contribution in [3.8, 4) is 0 Å². The van der Waals surface area contributed by atoms with Crippen LogP contribution >= 0.6 is 0 Å². The number of aliphatic imine (C=N–C) groups is 1.